The summed E-state index contributed by atoms with van der Waals surface area (Å²) >= 11 is 0. The van der Waals surface area contributed by atoms with Gasteiger partial charge in [0.05, 0.1) is 0 Å². The predicted molar refractivity (Wildman–Crippen MR) is 96.9 cm³/mol. The molecule has 1 aliphatic rings. The Hall–Kier alpha value is -2.60. The molecule has 1 aliphatic carbocycles. The second-order valence-electron chi connectivity index (χ2n) is 5.99. The second kappa shape index (κ2) is 4.71. The average molecular weight is 282 g/mol. The first kappa shape index (κ1) is 13.1. The van der Waals surface area contributed by atoms with Gasteiger partial charge in [0.2, 0.25) is 0 Å². The molecule has 0 amide bonds. The van der Waals surface area contributed by atoms with E-state index >= 15 is 0 Å². The Balaban J connectivity index is 2.29. The Morgan fingerprint density at radius 3 is 2.45 bits per heavy atom. The van der Waals surface area contributed by atoms with E-state index < -0.39 is 0 Å². The molecule has 22 heavy (non-hydrogen) atoms. The molecule has 3 aromatic rings. The Bertz CT molecular complexity index is 955. The molecule has 0 N–H and O–H groups in total. The van der Waals surface area contributed by atoms with Gasteiger partial charge in [-0.2, -0.15) is 0 Å². The van der Waals surface area contributed by atoms with E-state index in [0.717, 1.165) is 0 Å². The lowest BCUT2D eigenvalue weighted by molar-refractivity contribution is 1.37. The van der Waals surface area contributed by atoms with Crippen LogP contribution in [-0.4, -0.2) is 0 Å². The van der Waals surface area contributed by atoms with E-state index in [4.69, 9.17) is 0 Å². The van der Waals surface area contributed by atoms with E-state index in [2.05, 4.69) is 75.0 Å². The Morgan fingerprint density at radius 2 is 1.64 bits per heavy atom. The molecule has 0 atom stereocenters. The SMILES string of the molecule is C=CC1=Cc2ccccc2-c2cccc3c(C)c(C)cc1c23. The summed E-state index contributed by atoms with van der Waals surface area (Å²) in [4.78, 5) is 0. The van der Waals surface area contributed by atoms with Crippen molar-refractivity contribution in [2.75, 3.05) is 0 Å². The fourth-order valence-corrected chi connectivity index (χ4v) is 3.50. The molecule has 0 heterocycles. The molecular formula is C22H18. The minimum absolute atomic E-state index is 1.20. The predicted octanol–water partition coefficient (Wildman–Crippen LogP) is 6.16. The second-order valence-corrected chi connectivity index (χ2v) is 5.99. The molecule has 0 saturated heterocycles. The van der Waals surface area contributed by atoms with Gasteiger partial charge in [0.1, 0.15) is 0 Å². The summed E-state index contributed by atoms with van der Waals surface area (Å²) in [7, 11) is 0. The van der Waals surface area contributed by atoms with Crippen LogP contribution in [0, 0.1) is 13.8 Å². The molecule has 0 saturated carbocycles. The molecule has 0 nitrogen and oxygen atoms in total. The highest BCUT2D eigenvalue weighted by Crippen LogP contribution is 2.42. The Morgan fingerprint density at radius 1 is 0.864 bits per heavy atom. The topological polar surface area (TPSA) is 0 Å². The van der Waals surface area contributed by atoms with Crippen LogP contribution in [0.4, 0.5) is 0 Å². The molecule has 0 fully saturated rings. The van der Waals surface area contributed by atoms with E-state index in [1.54, 1.807) is 0 Å². The van der Waals surface area contributed by atoms with Gasteiger partial charge in [-0.3, -0.25) is 0 Å². The third kappa shape index (κ3) is 1.70. The molecular weight excluding hydrogens is 264 g/mol. The lowest BCUT2D eigenvalue weighted by Gasteiger charge is -2.15. The third-order valence-electron chi connectivity index (χ3n) is 4.78. The highest BCUT2D eigenvalue weighted by molar-refractivity contribution is 6.12. The average Bonchev–Trinajstić information content (AvgIpc) is 2.68. The smallest absolute Gasteiger partial charge is 0.00237 e. The van der Waals surface area contributed by atoms with Crippen molar-refractivity contribution in [3.8, 4) is 11.1 Å². The van der Waals surface area contributed by atoms with Gasteiger partial charge < -0.3 is 0 Å². The zero-order valence-corrected chi connectivity index (χ0v) is 13.0. The Kier molecular flexibility index (Phi) is 2.80. The quantitative estimate of drug-likeness (QED) is 0.501. The van der Waals surface area contributed by atoms with Gasteiger partial charge in [-0.05, 0) is 69.6 Å². The van der Waals surface area contributed by atoms with E-state index in [1.165, 1.54) is 49.7 Å². The maximum absolute atomic E-state index is 4.04. The van der Waals surface area contributed by atoms with Crippen LogP contribution >= 0.6 is 0 Å². The summed E-state index contributed by atoms with van der Waals surface area (Å²) < 4.78 is 0. The number of allylic oxidation sites excluding steroid dienone is 2. The fraction of sp³-hybridized carbons (Fsp3) is 0.0909. The number of hydrogen-bond donors (Lipinski definition) is 0. The van der Waals surface area contributed by atoms with E-state index in [9.17, 15) is 0 Å². The van der Waals surface area contributed by atoms with Crippen LogP contribution in [0.1, 0.15) is 22.3 Å². The molecule has 3 aromatic carbocycles. The van der Waals surface area contributed by atoms with Crippen molar-refractivity contribution in [3.05, 3.63) is 83.4 Å². The van der Waals surface area contributed by atoms with Gasteiger partial charge in [-0.25, -0.2) is 0 Å². The highest BCUT2D eigenvalue weighted by Gasteiger charge is 2.18. The first-order valence-corrected chi connectivity index (χ1v) is 7.67. The summed E-state index contributed by atoms with van der Waals surface area (Å²) in [5.74, 6) is 0. The van der Waals surface area contributed by atoms with Crippen LogP contribution < -0.4 is 0 Å². The molecule has 0 heteroatoms. The van der Waals surface area contributed by atoms with Crippen LogP contribution in [-0.2, 0) is 0 Å². The molecule has 0 bridgehead atoms. The summed E-state index contributed by atoms with van der Waals surface area (Å²) in [6, 6.07) is 17.6. The summed E-state index contributed by atoms with van der Waals surface area (Å²) in [6.45, 7) is 8.45. The normalized spacial score (nSPS) is 12.5. The van der Waals surface area contributed by atoms with Gasteiger partial charge in [0, 0.05) is 0 Å². The van der Waals surface area contributed by atoms with Crippen LogP contribution in [0.2, 0.25) is 0 Å². The highest BCUT2D eigenvalue weighted by atomic mass is 14.2. The number of benzene rings is 3. The summed E-state index contributed by atoms with van der Waals surface area (Å²) in [5.41, 5.74) is 9.07. The molecule has 0 spiro atoms. The number of hydrogen-bond acceptors (Lipinski definition) is 0. The minimum Gasteiger partial charge on any atom is -0.0984 e. The lowest BCUT2D eigenvalue weighted by atomic mass is 9.89. The van der Waals surface area contributed by atoms with Gasteiger partial charge in [-0.1, -0.05) is 61.2 Å². The third-order valence-corrected chi connectivity index (χ3v) is 4.78. The van der Waals surface area contributed by atoms with Crippen molar-refractivity contribution < 1.29 is 0 Å². The molecule has 106 valence electrons. The Labute approximate surface area is 131 Å². The van der Waals surface area contributed by atoms with Crippen molar-refractivity contribution in [2.24, 2.45) is 0 Å². The standard InChI is InChI=1S/C22H18/c1-4-16-13-17-8-5-6-9-19(17)20-11-7-10-18-15(3)14(2)12-21(16)22(18)20/h4-13H,1H2,2-3H3. The lowest BCUT2D eigenvalue weighted by Crippen LogP contribution is -1.92. The monoisotopic (exact) mass is 282 g/mol. The first-order chi connectivity index (χ1) is 10.7. The zero-order valence-electron chi connectivity index (χ0n) is 13.0. The zero-order chi connectivity index (χ0) is 15.3. The minimum atomic E-state index is 1.20. The van der Waals surface area contributed by atoms with Crippen LogP contribution in [0.3, 0.4) is 0 Å². The molecule has 0 aliphatic heterocycles. The van der Waals surface area contributed by atoms with Crippen molar-refractivity contribution in [3.63, 3.8) is 0 Å². The van der Waals surface area contributed by atoms with Gasteiger partial charge in [0.15, 0.2) is 0 Å². The van der Waals surface area contributed by atoms with Crippen molar-refractivity contribution >= 4 is 22.4 Å². The van der Waals surface area contributed by atoms with Gasteiger partial charge in [-0.15, -0.1) is 0 Å². The van der Waals surface area contributed by atoms with Crippen molar-refractivity contribution in [1.82, 2.24) is 0 Å². The molecule has 0 unspecified atom stereocenters. The fourth-order valence-electron chi connectivity index (χ4n) is 3.50. The van der Waals surface area contributed by atoms with E-state index in [0.29, 0.717) is 0 Å². The van der Waals surface area contributed by atoms with Crippen LogP contribution in [0.25, 0.3) is 33.5 Å². The van der Waals surface area contributed by atoms with E-state index in [1.807, 2.05) is 6.08 Å². The van der Waals surface area contributed by atoms with E-state index in [-0.39, 0.29) is 0 Å². The first-order valence-electron chi connectivity index (χ1n) is 7.67. The number of aryl methyl sites for hydroxylation is 2. The largest absolute Gasteiger partial charge is 0.0984 e. The van der Waals surface area contributed by atoms with Crippen molar-refractivity contribution in [2.45, 2.75) is 13.8 Å². The maximum Gasteiger partial charge on any atom is -0.00237 e. The van der Waals surface area contributed by atoms with Gasteiger partial charge in [0.25, 0.3) is 0 Å². The summed E-state index contributed by atoms with van der Waals surface area (Å²) in [6.07, 6.45) is 4.23. The maximum atomic E-state index is 4.04. The number of fused-ring (bicyclic) bond motifs is 2. The van der Waals surface area contributed by atoms with Crippen LogP contribution in [0.5, 0.6) is 0 Å². The van der Waals surface area contributed by atoms with Crippen LogP contribution in [0.15, 0.2) is 61.2 Å². The number of rotatable bonds is 1. The molecule has 4 rings (SSSR count). The summed E-state index contributed by atoms with van der Waals surface area (Å²) in [5, 5.41) is 2.69. The molecule has 0 aromatic heterocycles. The van der Waals surface area contributed by atoms with Gasteiger partial charge >= 0.3 is 0 Å². The van der Waals surface area contributed by atoms with Crippen molar-refractivity contribution in [1.29, 1.82) is 0 Å². The molecule has 0 radical (unpaired) electrons.